The van der Waals surface area contributed by atoms with Crippen molar-refractivity contribution in [2.75, 3.05) is 20.3 Å². The van der Waals surface area contributed by atoms with Gasteiger partial charge in [0.05, 0.1) is 12.7 Å². The van der Waals surface area contributed by atoms with Gasteiger partial charge in [-0.2, -0.15) is 0 Å². The molecule has 0 aliphatic heterocycles. The summed E-state index contributed by atoms with van der Waals surface area (Å²) in [5, 5.41) is 2.78. The van der Waals surface area contributed by atoms with Crippen LogP contribution in [-0.4, -0.2) is 32.1 Å². The molecule has 0 radical (unpaired) electrons. The Labute approximate surface area is 136 Å². The molecule has 1 aliphatic carbocycles. The number of rotatable bonds is 7. The van der Waals surface area contributed by atoms with E-state index in [0.717, 1.165) is 19.3 Å². The van der Waals surface area contributed by atoms with E-state index in [4.69, 9.17) is 9.47 Å². The third-order valence-corrected chi connectivity index (χ3v) is 3.81. The van der Waals surface area contributed by atoms with Crippen LogP contribution in [0.3, 0.4) is 0 Å². The smallest absolute Gasteiger partial charge is 0.338 e. The van der Waals surface area contributed by atoms with E-state index in [1.54, 1.807) is 31.4 Å². The number of esters is 1. The number of allylic oxidation sites excluding steroid dienone is 1. The molecule has 1 aliphatic rings. The predicted octanol–water partition coefficient (Wildman–Crippen LogP) is 2.86. The summed E-state index contributed by atoms with van der Waals surface area (Å²) in [6, 6.07) is 6.56. The van der Waals surface area contributed by atoms with Crippen molar-refractivity contribution in [1.82, 2.24) is 5.32 Å². The van der Waals surface area contributed by atoms with E-state index in [2.05, 4.69) is 11.4 Å². The molecule has 0 bridgehead atoms. The van der Waals surface area contributed by atoms with E-state index in [-0.39, 0.29) is 12.5 Å². The normalized spacial score (nSPS) is 13.9. The third-order valence-electron chi connectivity index (χ3n) is 3.81. The Bertz CT molecular complexity index is 563. The first-order valence-electron chi connectivity index (χ1n) is 7.95. The number of nitrogens with one attached hydrogen (secondary N) is 1. The SMILES string of the molecule is COc1ccc(C(=O)OCC(=O)NCCC2=CCCCC2)cc1. The second kappa shape index (κ2) is 8.98. The summed E-state index contributed by atoms with van der Waals surface area (Å²) in [4.78, 5) is 23.5. The average Bonchev–Trinajstić information content (AvgIpc) is 2.60. The fourth-order valence-corrected chi connectivity index (χ4v) is 2.49. The molecule has 0 fully saturated rings. The van der Waals surface area contributed by atoms with Gasteiger partial charge in [-0.25, -0.2) is 4.79 Å². The van der Waals surface area contributed by atoms with Crippen LogP contribution in [-0.2, 0) is 9.53 Å². The molecule has 1 amide bonds. The largest absolute Gasteiger partial charge is 0.497 e. The Morgan fingerprint density at radius 1 is 1.17 bits per heavy atom. The molecule has 1 N–H and O–H groups in total. The molecule has 0 atom stereocenters. The summed E-state index contributed by atoms with van der Waals surface area (Å²) in [6.07, 6.45) is 7.90. The van der Waals surface area contributed by atoms with Crippen LogP contribution in [0.2, 0.25) is 0 Å². The number of hydrogen-bond donors (Lipinski definition) is 1. The van der Waals surface area contributed by atoms with Crippen molar-refractivity contribution in [3.05, 3.63) is 41.5 Å². The molecule has 0 spiro atoms. The Morgan fingerprint density at radius 3 is 2.61 bits per heavy atom. The molecule has 124 valence electrons. The number of hydrogen-bond acceptors (Lipinski definition) is 4. The van der Waals surface area contributed by atoms with Gasteiger partial charge in [0.25, 0.3) is 5.91 Å². The second-order valence-electron chi connectivity index (χ2n) is 5.51. The van der Waals surface area contributed by atoms with Crippen molar-refractivity contribution in [2.45, 2.75) is 32.1 Å². The molecule has 0 saturated heterocycles. The molecule has 5 heteroatoms. The van der Waals surface area contributed by atoms with E-state index in [1.165, 1.54) is 18.4 Å². The van der Waals surface area contributed by atoms with Gasteiger partial charge in [0.1, 0.15) is 5.75 Å². The van der Waals surface area contributed by atoms with Crippen LogP contribution in [0.4, 0.5) is 0 Å². The summed E-state index contributed by atoms with van der Waals surface area (Å²) in [5.41, 5.74) is 1.80. The van der Waals surface area contributed by atoms with Crippen LogP contribution in [0, 0.1) is 0 Å². The molecule has 5 nitrogen and oxygen atoms in total. The topological polar surface area (TPSA) is 64.6 Å². The van der Waals surface area contributed by atoms with Crippen LogP contribution in [0.25, 0.3) is 0 Å². The molecule has 23 heavy (non-hydrogen) atoms. The molecule has 2 rings (SSSR count). The minimum absolute atomic E-state index is 0.260. The van der Waals surface area contributed by atoms with Crippen LogP contribution in [0.15, 0.2) is 35.9 Å². The maximum atomic E-state index is 11.8. The van der Waals surface area contributed by atoms with Crippen molar-refractivity contribution >= 4 is 11.9 Å². The molecule has 0 aromatic heterocycles. The van der Waals surface area contributed by atoms with E-state index >= 15 is 0 Å². The quantitative estimate of drug-likeness (QED) is 0.620. The first kappa shape index (κ1) is 17.1. The number of carbonyl (C=O) groups is 2. The third kappa shape index (κ3) is 5.77. The van der Waals surface area contributed by atoms with E-state index in [9.17, 15) is 9.59 Å². The maximum absolute atomic E-state index is 11.8. The average molecular weight is 317 g/mol. The minimum atomic E-state index is -0.516. The number of benzene rings is 1. The van der Waals surface area contributed by atoms with Gasteiger partial charge >= 0.3 is 5.97 Å². The molecule has 0 saturated carbocycles. The summed E-state index contributed by atoms with van der Waals surface area (Å²) in [7, 11) is 1.56. The molecular weight excluding hydrogens is 294 g/mol. The first-order valence-corrected chi connectivity index (χ1v) is 7.95. The zero-order valence-corrected chi connectivity index (χ0v) is 13.5. The molecular formula is C18H23NO4. The summed E-state index contributed by atoms with van der Waals surface area (Å²) in [6.45, 7) is 0.328. The van der Waals surface area contributed by atoms with Crippen molar-refractivity contribution < 1.29 is 19.1 Å². The van der Waals surface area contributed by atoms with Gasteiger partial charge < -0.3 is 14.8 Å². The number of carbonyl (C=O) groups excluding carboxylic acids is 2. The summed E-state index contributed by atoms with van der Waals surface area (Å²) < 4.78 is 10.0. The Kier molecular flexibility index (Phi) is 6.66. The van der Waals surface area contributed by atoms with Gasteiger partial charge in [-0.05, 0) is 56.4 Å². The van der Waals surface area contributed by atoms with Gasteiger partial charge in [0, 0.05) is 6.54 Å². The van der Waals surface area contributed by atoms with Gasteiger partial charge in [0.2, 0.25) is 0 Å². The highest BCUT2D eigenvalue weighted by Crippen LogP contribution is 2.19. The van der Waals surface area contributed by atoms with Crippen molar-refractivity contribution in [2.24, 2.45) is 0 Å². The van der Waals surface area contributed by atoms with Crippen LogP contribution >= 0.6 is 0 Å². The monoisotopic (exact) mass is 317 g/mol. The van der Waals surface area contributed by atoms with Gasteiger partial charge in [-0.15, -0.1) is 0 Å². The van der Waals surface area contributed by atoms with Gasteiger partial charge in [-0.3, -0.25) is 4.79 Å². The van der Waals surface area contributed by atoms with E-state index in [0.29, 0.717) is 17.9 Å². The number of amides is 1. The van der Waals surface area contributed by atoms with Crippen molar-refractivity contribution in [3.63, 3.8) is 0 Å². The molecule has 1 aromatic carbocycles. The number of methoxy groups -OCH3 is 1. The minimum Gasteiger partial charge on any atom is -0.497 e. The van der Waals surface area contributed by atoms with Crippen LogP contribution in [0.1, 0.15) is 42.5 Å². The standard InChI is InChI=1S/C18H23NO4/c1-22-16-9-7-15(8-10-16)18(21)23-13-17(20)19-12-11-14-5-3-2-4-6-14/h5,7-10H,2-4,6,11-13H2,1H3,(H,19,20). The highest BCUT2D eigenvalue weighted by atomic mass is 16.5. The summed E-state index contributed by atoms with van der Waals surface area (Å²) in [5.74, 6) is -0.127. The van der Waals surface area contributed by atoms with Crippen LogP contribution < -0.4 is 10.1 Å². The van der Waals surface area contributed by atoms with Crippen LogP contribution in [0.5, 0.6) is 5.75 Å². The van der Waals surface area contributed by atoms with E-state index < -0.39 is 5.97 Å². The molecule has 1 aromatic rings. The fraction of sp³-hybridized carbons (Fsp3) is 0.444. The van der Waals surface area contributed by atoms with Gasteiger partial charge in [0.15, 0.2) is 6.61 Å². The highest BCUT2D eigenvalue weighted by Gasteiger charge is 2.10. The molecule has 0 heterocycles. The lowest BCUT2D eigenvalue weighted by atomic mass is 9.97. The first-order chi connectivity index (χ1) is 11.2. The Morgan fingerprint density at radius 2 is 1.96 bits per heavy atom. The lowest BCUT2D eigenvalue weighted by molar-refractivity contribution is -0.124. The zero-order chi connectivity index (χ0) is 16.5. The highest BCUT2D eigenvalue weighted by molar-refractivity contribution is 5.91. The lowest BCUT2D eigenvalue weighted by Gasteiger charge is -2.13. The van der Waals surface area contributed by atoms with E-state index in [1.807, 2.05) is 0 Å². The van der Waals surface area contributed by atoms with Crippen molar-refractivity contribution in [1.29, 1.82) is 0 Å². The fourth-order valence-electron chi connectivity index (χ4n) is 2.49. The van der Waals surface area contributed by atoms with Gasteiger partial charge in [-0.1, -0.05) is 11.6 Å². The Hall–Kier alpha value is -2.30. The molecule has 0 unspecified atom stereocenters. The summed E-state index contributed by atoms with van der Waals surface area (Å²) >= 11 is 0. The second-order valence-corrected chi connectivity index (χ2v) is 5.51. The predicted molar refractivity (Wildman–Crippen MR) is 87.5 cm³/mol. The number of ether oxygens (including phenoxy) is 2. The maximum Gasteiger partial charge on any atom is 0.338 e. The van der Waals surface area contributed by atoms with Crippen molar-refractivity contribution in [3.8, 4) is 5.75 Å². The zero-order valence-electron chi connectivity index (χ0n) is 13.5. The lowest BCUT2D eigenvalue weighted by Crippen LogP contribution is -2.29. The Balaban J connectivity index is 1.66.